The first kappa shape index (κ1) is 22.5. The number of thiophene rings is 1. The zero-order valence-electron chi connectivity index (χ0n) is 17.2. The van der Waals surface area contributed by atoms with Crippen molar-refractivity contribution in [2.45, 2.75) is 18.7 Å². The van der Waals surface area contributed by atoms with Crippen molar-refractivity contribution >= 4 is 39.0 Å². The van der Waals surface area contributed by atoms with Gasteiger partial charge in [0, 0.05) is 10.9 Å². The van der Waals surface area contributed by atoms with Crippen LogP contribution >= 0.6 is 11.3 Å². The van der Waals surface area contributed by atoms with Gasteiger partial charge in [-0.3, -0.25) is 4.72 Å². The number of sulfonamides is 1. The van der Waals surface area contributed by atoms with Gasteiger partial charge in [-0.2, -0.15) is 0 Å². The molecular formula is C22H21NO6S2. The van der Waals surface area contributed by atoms with Gasteiger partial charge in [0.05, 0.1) is 25.0 Å². The van der Waals surface area contributed by atoms with Crippen molar-refractivity contribution in [3.05, 3.63) is 69.9 Å². The van der Waals surface area contributed by atoms with Crippen molar-refractivity contribution in [1.82, 2.24) is 0 Å². The summed E-state index contributed by atoms with van der Waals surface area (Å²) in [6, 6.07) is 13.4. The lowest BCUT2D eigenvalue weighted by molar-refractivity contribution is 0.0526. The number of para-hydroxylation sites is 1. The molecule has 0 aliphatic heterocycles. The van der Waals surface area contributed by atoms with Crippen LogP contribution in [-0.2, 0) is 19.5 Å². The van der Waals surface area contributed by atoms with Crippen molar-refractivity contribution in [2.24, 2.45) is 0 Å². The van der Waals surface area contributed by atoms with Crippen molar-refractivity contribution in [3.63, 3.8) is 0 Å². The maximum absolute atomic E-state index is 13.4. The molecule has 162 valence electrons. The quantitative estimate of drug-likeness (QED) is 0.523. The maximum atomic E-state index is 13.4. The Morgan fingerprint density at radius 2 is 1.71 bits per heavy atom. The molecule has 0 saturated heterocycles. The largest absolute Gasteiger partial charge is 0.465 e. The molecule has 1 aromatic heterocycles. The third kappa shape index (κ3) is 4.78. The standard InChI is InChI=1S/C22H21NO6S2/c1-4-29-21(24)16-7-5-6-8-18(16)23-31(26,27)20-17(13-30-19(20)22(25)28-3)15-11-9-14(2)10-12-15/h5-13,23H,4H2,1-3H3. The van der Waals surface area contributed by atoms with Crippen molar-refractivity contribution in [3.8, 4) is 11.1 Å². The molecule has 3 aromatic rings. The van der Waals surface area contributed by atoms with Crippen LogP contribution in [0.4, 0.5) is 5.69 Å². The fourth-order valence-electron chi connectivity index (χ4n) is 2.93. The summed E-state index contributed by atoms with van der Waals surface area (Å²) in [6.45, 7) is 3.73. The summed E-state index contributed by atoms with van der Waals surface area (Å²) >= 11 is 0.979. The Morgan fingerprint density at radius 3 is 2.35 bits per heavy atom. The van der Waals surface area contributed by atoms with E-state index >= 15 is 0 Å². The molecule has 0 fully saturated rings. The molecule has 31 heavy (non-hydrogen) atoms. The Bertz CT molecular complexity index is 1210. The summed E-state index contributed by atoms with van der Waals surface area (Å²) in [5.41, 5.74) is 2.14. The van der Waals surface area contributed by atoms with Crippen LogP contribution in [0, 0.1) is 6.92 Å². The minimum atomic E-state index is -4.26. The topological polar surface area (TPSA) is 98.8 Å². The van der Waals surface area contributed by atoms with Gasteiger partial charge in [-0.15, -0.1) is 11.3 Å². The van der Waals surface area contributed by atoms with Gasteiger partial charge in [-0.25, -0.2) is 18.0 Å². The van der Waals surface area contributed by atoms with Crippen LogP contribution in [-0.4, -0.2) is 34.1 Å². The molecule has 0 saturated carbocycles. The van der Waals surface area contributed by atoms with Gasteiger partial charge >= 0.3 is 11.9 Å². The molecule has 1 N–H and O–H groups in total. The van der Waals surface area contributed by atoms with Crippen molar-refractivity contribution in [2.75, 3.05) is 18.4 Å². The van der Waals surface area contributed by atoms with E-state index in [2.05, 4.69) is 4.72 Å². The third-order valence-corrected chi connectivity index (χ3v) is 6.95. The molecule has 3 rings (SSSR count). The summed E-state index contributed by atoms with van der Waals surface area (Å²) in [4.78, 5) is 24.3. The molecule has 9 heteroatoms. The fraction of sp³-hybridized carbons (Fsp3) is 0.182. The number of esters is 2. The summed E-state index contributed by atoms with van der Waals surface area (Å²) in [5, 5.41) is 1.60. The number of carbonyl (C=O) groups excluding carboxylic acids is 2. The Morgan fingerprint density at radius 1 is 1.03 bits per heavy atom. The number of rotatable bonds is 7. The first-order valence-electron chi connectivity index (χ1n) is 9.34. The Hall–Kier alpha value is -3.17. The minimum absolute atomic E-state index is 0.0535. The molecular weight excluding hydrogens is 438 g/mol. The molecule has 0 radical (unpaired) electrons. The second-order valence-corrected chi connectivity index (χ2v) is 9.04. The van der Waals surface area contributed by atoms with Gasteiger partial charge in [0.2, 0.25) is 0 Å². The lowest BCUT2D eigenvalue weighted by Gasteiger charge is -2.14. The first-order valence-corrected chi connectivity index (χ1v) is 11.7. The lowest BCUT2D eigenvalue weighted by Crippen LogP contribution is -2.19. The van der Waals surface area contributed by atoms with E-state index in [4.69, 9.17) is 9.47 Å². The van der Waals surface area contributed by atoms with E-state index in [1.807, 2.05) is 19.1 Å². The molecule has 0 amide bonds. The van der Waals surface area contributed by atoms with E-state index in [0.29, 0.717) is 11.1 Å². The van der Waals surface area contributed by atoms with Crippen LogP contribution in [0.2, 0.25) is 0 Å². The zero-order valence-corrected chi connectivity index (χ0v) is 18.8. The summed E-state index contributed by atoms with van der Waals surface area (Å²) in [6.07, 6.45) is 0. The molecule has 7 nitrogen and oxygen atoms in total. The monoisotopic (exact) mass is 459 g/mol. The SMILES string of the molecule is CCOC(=O)c1ccccc1NS(=O)(=O)c1c(-c2ccc(C)cc2)csc1C(=O)OC. The number of aryl methyl sites for hydroxylation is 1. The number of ether oxygens (including phenoxy) is 2. The molecule has 0 spiro atoms. The van der Waals surface area contributed by atoms with Gasteiger partial charge in [-0.05, 0) is 31.5 Å². The molecule has 0 bridgehead atoms. The van der Waals surface area contributed by atoms with Crippen LogP contribution in [0.1, 0.15) is 32.5 Å². The number of benzene rings is 2. The van der Waals surface area contributed by atoms with E-state index in [0.717, 1.165) is 16.9 Å². The van der Waals surface area contributed by atoms with Crippen LogP contribution in [0.15, 0.2) is 58.8 Å². The number of anilines is 1. The average molecular weight is 460 g/mol. The molecule has 1 heterocycles. The van der Waals surface area contributed by atoms with Crippen molar-refractivity contribution < 1.29 is 27.5 Å². The van der Waals surface area contributed by atoms with Crippen LogP contribution in [0.25, 0.3) is 11.1 Å². The highest BCUT2D eigenvalue weighted by Gasteiger charge is 2.31. The van der Waals surface area contributed by atoms with Gasteiger partial charge in [0.1, 0.15) is 9.77 Å². The highest BCUT2D eigenvalue weighted by atomic mass is 32.2. The summed E-state index contributed by atoms with van der Waals surface area (Å²) in [5.74, 6) is -1.42. The number of nitrogens with one attached hydrogen (secondary N) is 1. The van der Waals surface area contributed by atoms with Gasteiger partial charge < -0.3 is 9.47 Å². The smallest absolute Gasteiger partial charge is 0.349 e. The van der Waals surface area contributed by atoms with Gasteiger partial charge in [0.25, 0.3) is 10.0 Å². The Balaban J connectivity index is 2.13. The predicted molar refractivity (Wildman–Crippen MR) is 119 cm³/mol. The number of hydrogen-bond acceptors (Lipinski definition) is 7. The summed E-state index contributed by atoms with van der Waals surface area (Å²) in [7, 11) is -3.08. The van der Waals surface area contributed by atoms with Crippen LogP contribution < -0.4 is 4.72 Å². The van der Waals surface area contributed by atoms with E-state index in [1.54, 1.807) is 36.6 Å². The molecule has 2 aromatic carbocycles. The fourth-order valence-corrected chi connectivity index (χ4v) is 5.73. The highest BCUT2D eigenvalue weighted by molar-refractivity contribution is 7.93. The minimum Gasteiger partial charge on any atom is -0.465 e. The van der Waals surface area contributed by atoms with Crippen LogP contribution in [0.3, 0.4) is 0 Å². The van der Waals surface area contributed by atoms with E-state index in [-0.39, 0.29) is 27.6 Å². The number of carbonyl (C=O) groups is 2. The average Bonchev–Trinajstić information content (AvgIpc) is 3.20. The van der Waals surface area contributed by atoms with Gasteiger partial charge in [0.15, 0.2) is 0 Å². The highest BCUT2D eigenvalue weighted by Crippen LogP contribution is 2.37. The normalized spacial score (nSPS) is 11.1. The Kier molecular flexibility index (Phi) is 6.77. The second-order valence-electron chi connectivity index (χ2n) is 6.54. The third-order valence-electron chi connectivity index (χ3n) is 4.41. The zero-order chi connectivity index (χ0) is 22.6. The van der Waals surface area contributed by atoms with Crippen LogP contribution in [0.5, 0.6) is 0 Å². The van der Waals surface area contributed by atoms with E-state index in [1.165, 1.54) is 19.2 Å². The lowest BCUT2D eigenvalue weighted by atomic mass is 10.1. The Labute approximate surface area is 184 Å². The number of methoxy groups -OCH3 is 1. The molecule has 0 aliphatic rings. The van der Waals surface area contributed by atoms with Gasteiger partial charge in [-0.1, -0.05) is 42.0 Å². The molecule has 0 atom stereocenters. The van der Waals surface area contributed by atoms with E-state index < -0.39 is 22.0 Å². The molecule has 0 aliphatic carbocycles. The maximum Gasteiger partial charge on any atom is 0.349 e. The number of hydrogen-bond donors (Lipinski definition) is 1. The second kappa shape index (κ2) is 9.32. The molecule has 0 unspecified atom stereocenters. The predicted octanol–water partition coefficient (Wildman–Crippen LogP) is 4.49. The summed E-state index contributed by atoms with van der Waals surface area (Å²) < 4.78 is 39.1. The first-order chi connectivity index (χ1) is 14.8. The van der Waals surface area contributed by atoms with Crippen molar-refractivity contribution in [1.29, 1.82) is 0 Å². The van der Waals surface area contributed by atoms with E-state index in [9.17, 15) is 18.0 Å².